The fraction of sp³-hybridized carbons (Fsp3) is 1.00. The Labute approximate surface area is 73.0 Å². The van der Waals surface area contributed by atoms with Gasteiger partial charge in [0.1, 0.15) is 0 Å². The van der Waals surface area contributed by atoms with E-state index in [1.807, 2.05) is 0 Å². The van der Waals surface area contributed by atoms with E-state index in [0.29, 0.717) is 5.04 Å². The van der Waals surface area contributed by atoms with Crippen molar-refractivity contribution in [1.29, 1.82) is 0 Å². The predicted octanol–water partition coefficient (Wildman–Crippen LogP) is 1.13. The third-order valence-electron chi connectivity index (χ3n) is 1.75. The van der Waals surface area contributed by atoms with Crippen molar-refractivity contribution < 1.29 is 0 Å². The lowest BCUT2D eigenvalue weighted by molar-refractivity contribution is 0.464. The summed E-state index contributed by atoms with van der Waals surface area (Å²) in [7, 11) is 7.83. The molecule has 0 radical (unpaired) electrons. The van der Waals surface area contributed by atoms with E-state index < -0.39 is 9.12 Å². The van der Waals surface area contributed by atoms with Crippen LogP contribution in [-0.2, 0) is 0 Å². The smallest absolute Gasteiger partial charge is 0.194 e. The predicted molar refractivity (Wildman–Crippen MR) is 54.2 cm³/mol. The lowest BCUT2D eigenvalue weighted by Crippen LogP contribution is -2.51. The van der Waals surface area contributed by atoms with Crippen molar-refractivity contribution in [2.24, 2.45) is 0 Å². The Bertz CT molecular complexity index is 108. The Kier molecular flexibility index (Phi) is 3.74. The summed E-state index contributed by atoms with van der Waals surface area (Å²) in [4.78, 5) is 0. The highest BCUT2D eigenvalue weighted by atomic mass is 28.3. The van der Waals surface area contributed by atoms with Gasteiger partial charge in [0.05, 0.1) is 0 Å². The average molecular weight is 174 g/mol. The summed E-state index contributed by atoms with van der Waals surface area (Å²) in [6, 6.07) is 0. The molecule has 0 saturated carbocycles. The Morgan fingerprint density at radius 2 is 1.09 bits per heavy atom. The van der Waals surface area contributed by atoms with E-state index in [4.69, 9.17) is 0 Å². The quantitative estimate of drug-likeness (QED) is 0.579. The van der Waals surface area contributed by atoms with Crippen LogP contribution in [0.1, 0.15) is 20.8 Å². The second-order valence-electron chi connectivity index (χ2n) is 4.67. The van der Waals surface area contributed by atoms with Crippen LogP contribution in [-0.4, -0.2) is 46.4 Å². The first kappa shape index (κ1) is 11.1. The summed E-state index contributed by atoms with van der Waals surface area (Å²) in [5, 5.41) is 0.451. The third kappa shape index (κ3) is 3.36. The van der Waals surface area contributed by atoms with Crippen molar-refractivity contribution in [3.8, 4) is 0 Å². The van der Waals surface area contributed by atoms with Crippen LogP contribution in [0.5, 0.6) is 0 Å². The first-order valence-electron chi connectivity index (χ1n) is 4.09. The van der Waals surface area contributed by atoms with E-state index in [1.54, 1.807) is 0 Å². The molecule has 0 aliphatic carbocycles. The highest BCUT2D eigenvalue weighted by Gasteiger charge is 2.30. The zero-order valence-electron chi connectivity index (χ0n) is 8.97. The minimum atomic E-state index is -0.902. The lowest BCUT2D eigenvalue weighted by atomic mass is 10.3. The standard InChI is InChI=1S/C8H22N2Si/c1-8(2,3)11(9(4)5)10(6)7/h11H,1-7H3. The number of rotatable bonds is 2. The van der Waals surface area contributed by atoms with Gasteiger partial charge in [0.2, 0.25) is 0 Å². The highest BCUT2D eigenvalue weighted by Crippen LogP contribution is 2.28. The van der Waals surface area contributed by atoms with Crippen LogP contribution in [0.2, 0.25) is 5.04 Å². The molecule has 68 valence electrons. The van der Waals surface area contributed by atoms with Crippen LogP contribution in [0.25, 0.3) is 0 Å². The summed E-state index contributed by atoms with van der Waals surface area (Å²) in [6.07, 6.45) is 0. The monoisotopic (exact) mass is 174 g/mol. The Hall–Kier alpha value is 0.137. The van der Waals surface area contributed by atoms with Gasteiger partial charge in [-0.15, -0.1) is 0 Å². The largest absolute Gasteiger partial charge is 0.319 e. The van der Waals surface area contributed by atoms with Crippen LogP contribution < -0.4 is 0 Å². The minimum Gasteiger partial charge on any atom is -0.319 e. The van der Waals surface area contributed by atoms with Crippen molar-refractivity contribution >= 4 is 9.12 Å². The maximum absolute atomic E-state index is 2.39. The summed E-state index contributed by atoms with van der Waals surface area (Å²) >= 11 is 0. The molecular formula is C8H22N2Si. The molecule has 0 heterocycles. The SMILES string of the molecule is CN(C)[SiH](N(C)C)C(C)(C)C. The molecule has 3 heteroatoms. The molecule has 0 amide bonds. The van der Waals surface area contributed by atoms with E-state index >= 15 is 0 Å². The molecular weight excluding hydrogens is 152 g/mol. The molecule has 11 heavy (non-hydrogen) atoms. The second kappa shape index (κ2) is 3.69. The van der Waals surface area contributed by atoms with E-state index in [1.165, 1.54) is 0 Å². The third-order valence-corrected chi connectivity index (χ3v) is 5.26. The molecule has 0 aromatic rings. The number of hydrogen-bond donors (Lipinski definition) is 0. The normalized spacial score (nSPS) is 13.6. The average Bonchev–Trinajstić information content (AvgIpc) is 1.54. The van der Waals surface area contributed by atoms with Crippen LogP contribution in [0.3, 0.4) is 0 Å². The van der Waals surface area contributed by atoms with Crippen molar-refractivity contribution in [3.05, 3.63) is 0 Å². The Morgan fingerprint density at radius 1 is 0.818 bits per heavy atom. The molecule has 0 bridgehead atoms. The Morgan fingerprint density at radius 3 is 1.09 bits per heavy atom. The van der Waals surface area contributed by atoms with E-state index in [-0.39, 0.29) is 0 Å². The molecule has 0 N–H and O–H groups in total. The highest BCUT2D eigenvalue weighted by molar-refractivity contribution is 6.55. The molecule has 0 atom stereocenters. The summed E-state index contributed by atoms with van der Waals surface area (Å²) in [5.74, 6) is 0. The molecule has 0 aliphatic heterocycles. The van der Waals surface area contributed by atoms with Crippen LogP contribution >= 0.6 is 0 Å². The van der Waals surface area contributed by atoms with Crippen molar-refractivity contribution in [2.45, 2.75) is 25.8 Å². The van der Waals surface area contributed by atoms with Crippen LogP contribution in [0.4, 0.5) is 0 Å². The zero-order chi connectivity index (χ0) is 9.23. The van der Waals surface area contributed by atoms with Crippen LogP contribution in [0.15, 0.2) is 0 Å². The van der Waals surface area contributed by atoms with Crippen LogP contribution in [0, 0.1) is 0 Å². The van der Waals surface area contributed by atoms with Gasteiger partial charge in [0.25, 0.3) is 0 Å². The molecule has 0 aromatic carbocycles. The zero-order valence-corrected chi connectivity index (χ0v) is 10.1. The first-order chi connectivity index (χ1) is 4.76. The molecule has 0 aliphatic rings. The summed E-state index contributed by atoms with van der Waals surface area (Å²) in [6.45, 7) is 6.97. The van der Waals surface area contributed by atoms with Gasteiger partial charge in [-0.3, -0.25) is 0 Å². The van der Waals surface area contributed by atoms with Gasteiger partial charge < -0.3 is 9.13 Å². The van der Waals surface area contributed by atoms with Crippen molar-refractivity contribution in [1.82, 2.24) is 9.13 Å². The van der Waals surface area contributed by atoms with E-state index in [2.05, 4.69) is 58.1 Å². The first-order valence-corrected chi connectivity index (χ1v) is 5.70. The van der Waals surface area contributed by atoms with E-state index in [0.717, 1.165) is 0 Å². The molecule has 0 aromatic heterocycles. The van der Waals surface area contributed by atoms with Gasteiger partial charge in [-0.1, -0.05) is 20.8 Å². The molecule has 0 unspecified atom stereocenters. The van der Waals surface area contributed by atoms with Gasteiger partial charge in [-0.05, 0) is 33.2 Å². The maximum Gasteiger partial charge on any atom is 0.194 e. The second-order valence-corrected chi connectivity index (χ2v) is 9.21. The van der Waals surface area contributed by atoms with Gasteiger partial charge >= 0.3 is 0 Å². The number of nitrogens with zero attached hydrogens (tertiary/aromatic N) is 2. The van der Waals surface area contributed by atoms with Crippen molar-refractivity contribution in [2.75, 3.05) is 28.2 Å². The molecule has 0 rings (SSSR count). The lowest BCUT2D eigenvalue weighted by Gasteiger charge is -2.38. The fourth-order valence-corrected chi connectivity index (χ4v) is 6.03. The van der Waals surface area contributed by atoms with Gasteiger partial charge in [0.15, 0.2) is 9.12 Å². The van der Waals surface area contributed by atoms with Gasteiger partial charge in [-0.2, -0.15) is 0 Å². The topological polar surface area (TPSA) is 6.48 Å². The van der Waals surface area contributed by atoms with Crippen molar-refractivity contribution in [3.63, 3.8) is 0 Å². The molecule has 0 spiro atoms. The van der Waals surface area contributed by atoms with E-state index in [9.17, 15) is 0 Å². The number of hydrogen-bond acceptors (Lipinski definition) is 2. The fourth-order valence-electron chi connectivity index (χ4n) is 2.01. The minimum absolute atomic E-state index is 0.451. The Balaban J connectivity index is 4.35. The molecule has 2 nitrogen and oxygen atoms in total. The maximum atomic E-state index is 2.39. The molecule has 0 saturated heterocycles. The summed E-state index contributed by atoms with van der Waals surface area (Å²) in [5.41, 5.74) is 0. The van der Waals surface area contributed by atoms with Gasteiger partial charge in [-0.25, -0.2) is 0 Å². The van der Waals surface area contributed by atoms with Gasteiger partial charge in [0, 0.05) is 0 Å². The summed E-state index contributed by atoms with van der Waals surface area (Å²) < 4.78 is 4.78. The molecule has 0 fully saturated rings.